The number of fused-ring (bicyclic) bond motifs is 1. The van der Waals surface area contributed by atoms with E-state index in [1.54, 1.807) is 0 Å². The molecule has 2 aromatic carbocycles. The van der Waals surface area contributed by atoms with Crippen molar-refractivity contribution >= 4 is 5.84 Å². The minimum Gasteiger partial charge on any atom is -0.383 e. The maximum Gasteiger partial charge on any atom is 0.139 e. The average molecular weight is 406 g/mol. The third-order valence-electron chi connectivity index (χ3n) is 5.85. The molecule has 4 aromatic rings. The first-order valence-electron chi connectivity index (χ1n) is 10.4. The van der Waals surface area contributed by atoms with Crippen LogP contribution in [0.1, 0.15) is 47.7 Å². The van der Waals surface area contributed by atoms with Gasteiger partial charge in [0.15, 0.2) is 0 Å². The summed E-state index contributed by atoms with van der Waals surface area (Å²) in [6.07, 6.45) is 7.05. The molecule has 5 nitrogen and oxygen atoms in total. The van der Waals surface area contributed by atoms with E-state index in [1.165, 1.54) is 6.33 Å². The summed E-state index contributed by atoms with van der Waals surface area (Å²) in [5.74, 6) is 0.856. The number of aromatic nitrogens is 3. The number of aliphatic imine (C=N–C) groups is 1. The Morgan fingerprint density at radius 3 is 2.42 bits per heavy atom. The number of pyridine rings is 1. The lowest BCUT2D eigenvalue weighted by Crippen LogP contribution is -2.26. The second-order valence-corrected chi connectivity index (χ2v) is 8.09. The van der Waals surface area contributed by atoms with Crippen molar-refractivity contribution in [2.75, 3.05) is 0 Å². The molecule has 5 rings (SSSR count). The Kier molecular flexibility index (Phi) is 4.59. The van der Waals surface area contributed by atoms with E-state index in [9.17, 15) is 0 Å². The number of hydrogen-bond donors (Lipinski definition) is 1. The molecule has 0 radical (unpaired) electrons. The molecule has 0 saturated heterocycles. The molecule has 0 amide bonds. The molecule has 1 aliphatic heterocycles. The van der Waals surface area contributed by atoms with Crippen molar-refractivity contribution in [3.63, 3.8) is 0 Å². The summed E-state index contributed by atoms with van der Waals surface area (Å²) < 4.78 is 0. The zero-order chi connectivity index (χ0) is 21.4. The summed E-state index contributed by atoms with van der Waals surface area (Å²) in [6.45, 7) is 4.30. The number of benzene rings is 2. The lowest BCUT2D eigenvalue weighted by molar-refractivity contribution is 0.665. The zero-order valence-electron chi connectivity index (χ0n) is 17.5. The molecule has 1 atom stereocenters. The van der Waals surface area contributed by atoms with Gasteiger partial charge in [0.05, 0.1) is 0 Å². The molecular formula is C26H23N5. The molecule has 0 fully saturated rings. The summed E-state index contributed by atoms with van der Waals surface area (Å²) in [6, 6.07) is 20.8. The van der Waals surface area contributed by atoms with Crippen molar-refractivity contribution in [2.45, 2.75) is 25.3 Å². The molecule has 1 unspecified atom stereocenters. The van der Waals surface area contributed by atoms with E-state index >= 15 is 0 Å². The first-order chi connectivity index (χ1) is 15.1. The van der Waals surface area contributed by atoms with Gasteiger partial charge in [-0.1, -0.05) is 56.3 Å². The Morgan fingerprint density at radius 1 is 0.839 bits per heavy atom. The predicted molar refractivity (Wildman–Crippen MR) is 123 cm³/mol. The van der Waals surface area contributed by atoms with Gasteiger partial charge in [-0.15, -0.1) is 0 Å². The quantitative estimate of drug-likeness (QED) is 0.535. The lowest BCUT2D eigenvalue weighted by atomic mass is 9.77. The van der Waals surface area contributed by atoms with Gasteiger partial charge in [-0.3, -0.25) is 4.98 Å². The second kappa shape index (κ2) is 7.43. The number of nitrogens with zero attached hydrogens (tertiary/aromatic N) is 4. The molecule has 0 aliphatic carbocycles. The Bertz CT molecular complexity index is 1280. The molecule has 0 spiro atoms. The Hall–Kier alpha value is -3.86. The minimum absolute atomic E-state index is 0.308. The number of rotatable bonds is 4. The normalized spacial score (nSPS) is 17.5. The van der Waals surface area contributed by atoms with E-state index in [1.807, 2.05) is 42.9 Å². The fourth-order valence-electron chi connectivity index (χ4n) is 4.29. The van der Waals surface area contributed by atoms with Crippen LogP contribution in [0.25, 0.3) is 11.1 Å². The molecule has 3 heterocycles. The maximum absolute atomic E-state index is 6.46. The largest absolute Gasteiger partial charge is 0.383 e. The molecule has 0 bridgehead atoms. The number of hydrogen-bond acceptors (Lipinski definition) is 5. The van der Waals surface area contributed by atoms with Crippen LogP contribution in [-0.2, 0) is 5.54 Å². The SMILES string of the molecule is CC(C)c1cc(C2(c3cccc(-c4cncnc4)c3)N=C(N)c3ccccc32)ccn1. The van der Waals surface area contributed by atoms with Gasteiger partial charge in [-0.05, 0) is 46.4 Å². The predicted octanol–water partition coefficient (Wildman–Crippen LogP) is 4.67. The molecule has 0 saturated carbocycles. The molecule has 2 aromatic heterocycles. The van der Waals surface area contributed by atoms with Gasteiger partial charge in [-0.25, -0.2) is 15.0 Å². The molecule has 2 N–H and O–H groups in total. The minimum atomic E-state index is -0.737. The molecule has 5 heteroatoms. The van der Waals surface area contributed by atoms with Crippen LogP contribution in [-0.4, -0.2) is 20.8 Å². The fraction of sp³-hybridized carbons (Fsp3) is 0.154. The van der Waals surface area contributed by atoms with E-state index in [4.69, 9.17) is 10.7 Å². The van der Waals surface area contributed by atoms with Crippen LogP contribution in [0.3, 0.4) is 0 Å². The highest BCUT2D eigenvalue weighted by Gasteiger charge is 2.43. The Labute approximate surface area is 181 Å². The Morgan fingerprint density at radius 2 is 1.61 bits per heavy atom. The highest BCUT2D eigenvalue weighted by Crippen LogP contribution is 2.46. The highest BCUT2D eigenvalue weighted by molar-refractivity contribution is 6.03. The van der Waals surface area contributed by atoms with Crippen molar-refractivity contribution in [3.8, 4) is 11.1 Å². The third kappa shape index (κ3) is 3.10. The first kappa shape index (κ1) is 19.1. The average Bonchev–Trinajstić information content (AvgIpc) is 3.13. The fourth-order valence-corrected chi connectivity index (χ4v) is 4.29. The van der Waals surface area contributed by atoms with Gasteiger partial charge in [-0.2, -0.15) is 0 Å². The third-order valence-corrected chi connectivity index (χ3v) is 5.85. The topological polar surface area (TPSA) is 77.0 Å². The van der Waals surface area contributed by atoms with E-state index in [0.29, 0.717) is 11.8 Å². The molecule has 31 heavy (non-hydrogen) atoms. The van der Waals surface area contributed by atoms with Gasteiger partial charge in [0.25, 0.3) is 0 Å². The van der Waals surface area contributed by atoms with E-state index in [2.05, 4.69) is 65.2 Å². The van der Waals surface area contributed by atoms with Crippen LogP contribution in [0.15, 0.2) is 90.6 Å². The van der Waals surface area contributed by atoms with Crippen LogP contribution in [0.5, 0.6) is 0 Å². The van der Waals surface area contributed by atoms with Crippen molar-refractivity contribution in [1.29, 1.82) is 0 Å². The van der Waals surface area contributed by atoms with Crippen molar-refractivity contribution in [3.05, 3.63) is 114 Å². The van der Waals surface area contributed by atoms with Crippen LogP contribution in [0.4, 0.5) is 0 Å². The summed E-state index contributed by atoms with van der Waals surface area (Å²) in [4.78, 5) is 18.0. The smallest absolute Gasteiger partial charge is 0.139 e. The van der Waals surface area contributed by atoms with Crippen molar-refractivity contribution in [2.24, 2.45) is 10.7 Å². The standard InChI is InChI=1S/C26H23N5/c1-17(2)24-13-21(10-11-30-24)26(23-9-4-3-8-22(23)25(27)31-26)20-7-5-6-18(12-20)19-14-28-16-29-15-19/h3-17H,1-2H3,(H2,27,31). The lowest BCUT2D eigenvalue weighted by Gasteiger charge is -2.30. The number of amidine groups is 1. The summed E-state index contributed by atoms with van der Waals surface area (Å²) in [5.41, 5.74) is 12.9. The van der Waals surface area contributed by atoms with Crippen LogP contribution < -0.4 is 5.73 Å². The zero-order valence-corrected chi connectivity index (χ0v) is 17.5. The van der Waals surface area contributed by atoms with Gasteiger partial charge in [0, 0.05) is 35.4 Å². The van der Waals surface area contributed by atoms with Gasteiger partial charge < -0.3 is 5.73 Å². The van der Waals surface area contributed by atoms with Crippen LogP contribution >= 0.6 is 0 Å². The first-order valence-corrected chi connectivity index (χ1v) is 10.4. The van der Waals surface area contributed by atoms with Crippen molar-refractivity contribution in [1.82, 2.24) is 15.0 Å². The number of nitrogens with two attached hydrogens (primary N) is 1. The van der Waals surface area contributed by atoms with E-state index in [0.717, 1.165) is 39.1 Å². The molecule has 152 valence electrons. The van der Waals surface area contributed by atoms with Crippen molar-refractivity contribution < 1.29 is 0 Å². The summed E-state index contributed by atoms with van der Waals surface area (Å²) >= 11 is 0. The monoisotopic (exact) mass is 405 g/mol. The second-order valence-electron chi connectivity index (χ2n) is 8.09. The molecular weight excluding hydrogens is 382 g/mol. The van der Waals surface area contributed by atoms with Gasteiger partial charge in [0.1, 0.15) is 17.7 Å². The van der Waals surface area contributed by atoms with Crippen LogP contribution in [0.2, 0.25) is 0 Å². The van der Waals surface area contributed by atoms with E-state index < -0.39 is 5.54 Å². The van der Waals surface area contributed by atoms with E-state index in [-0.39, 0.29) is 0 Å². The van der Waals surface area contributed by atoms with Gasteiger partial charge in [0.2, 0.25) is 0 Å². The summed E-state index contributed by atoms with van der Waals surface area (Å²) in [7, 11) is 0. The summed E-state index contributed by atoms with van der Waals surface area (Å²) in [5, 5.41) is 0. The van der Waals surface area contributed by atoms with Gasteiger partial charge >= 0.3 is 0 Å². The highest BCUT2D eigenvalue weighted by atomic mass is 15.0. The Balaban J connectivity index is 1.79. The van der Waals surface area contributed by atoms with Crippen LogP contribution in [0, 0.1) is 0 Å². The maximum atomic E-state index is 6.46. The molecule has 1 aliphatic rings.